The summed E-state index contributed by atoms with van der Waals surface area (Å²) in [4.78, 5) is 44.6. The molecule has 0 amide bonds. The van der Waals surface area contributed by atoms with Crippen LogP contribution in [0.2, 0.25) is 0 Å². The molecular weight excluding hydrogens is 290 g/mol. The van der Waals surface area contributed by atoms with Crippen molar-refractivity contribution in [2.75, 3.05) is 0 Å². The Kier molecular flexibility index (Phi) is 6.58. The number of imidazole rings is 1. The number of H-pyrrole nitrogens is 1. The van der Waals surface area contributed by atoms with E-state index in [0.29, 0.717) is 0 Å². The van der Waals surface area contributed by atoms with Crippen LogP contribution in [-0.2, 0) is 0 Å². The molecule has 2 rings (SSSR count). The molecule has 0 aliphatic rings. The van der Waals surface area contributed by atoms with Gasteiger partial charge in [0.25, 0.3) is 0 Å². The Morgan fingerprint density at radius 3 is 1.81 bits per heavy atom. The fourth-order valence-corrected chi connectivity index (χ4v) is 1.25. The molecule has 0 saturated carbocycles. The lowest BCUT2D eigenvalue weighted by Gasteiger charge is -1.97. The number of rotatable bonds is 3. The number of carbonyl (C=O) groups is 3. The summed E-state index contributed by atoms with van der Waals surface area (Å²) in [5, 5.41) is 26.2. The third-order valence-corrected chi connectivity index (χ3v) is 1.95. The van der Waals surface area contributed by atoms with Crippen molar-refractivity contribution in [1.82, 2.24) is 38.4 Å². The van der Waals surface area contributed by atoms with Crippen molar-refractivity contribution in [2.24, 2.45) is 0 Å². The number of nitrogens with one attached hydrogen (secondary N) is 1. The lowest BCUT2D eigenvalue weighted by molar-refractivity contribution is 0.0667. The minimum Gasteiger partial charge on any atom is -0.476 e. The van der Waals surface area contributed by atoms with E-state index in [-0.39, 0.29) is 29.6 Å². The molecular formula is C8H13N7O6. The smallest absolute Gasteiger partial charge is 0.374 e. The molecule has 13 N–H and O–H groups in total. The van der Waals surface area contributed by atoms with Gasteiger partial charge in [-0.2, -0.15) is 0 Å². The van der Waals surface area contributed by atoms with E-state index in [2.05, 4.69) is 19.9 Å². The molecule has 13 nitrogen and oxygen atoms in total. The fourth-order valence-electron chi connectivity index (χ4n) is 1.25. The van der Waals surface area contributed by atoms with Crippen LogP contribution < -0.4 is 18.5 Å². The molecule has 0 unspecified atom stereocenters. The van der Waals surface area contributed by atoms with Crippen LogP contribution in [0.1, 0.15) is 31.7 Å². The summed E-state index contributed by atoms with van der Waals surface area (Å²) in [7, 11) is 0. The number of hydrogen-bond acceptors (Lipinski definition) is 9. The van der Waals surface area contributed by atoms with E-state index in [1.165, 1.54) is 0 Å². The lowest BCUT2D eigenvalue weighted by Crippen LogP contribution is -2.10. The van der Waals surface area contributed by atoms with E-state index >= 15 is 0 Å². The van der Waals surface area contributed by atoms with E-state index in [9.17, 15) is 14.4 Å². The van der Waals surface area contributed by atoms with E-state index < -0.39 is 35.3 Å². The third-order valence-electron chi connectivity index (χ3n) is 1.95. The van der Waals surface area contributed by atoms with Crippen molar-refractivity contribution in [3.05, 3.63) is 17.3 Å². The zero-order valence-electron chi connectivity index (χ0n) is 10.5. The van der Waals surface area contributed by atoms with Crippen molar-refractivity contribution in [2.45, 2.75) is 0 Å². The summed E-state index contributed by atoms with van der Waals surface area (Å²) in [5.74, 6) is -5.82. The molecule has 2 heterocycles. The lowest BCUT2D eigenvalue weighted by atomic mass is 10.3. The molecule has 0 fully saturated rings. The Morgan fingerprint density at radius 2 is 1.38 bits per heavy atom. The fraction of sp³-hybridized carbons (Fsp3) is 0. The Labute approximate surface area is 115 Å². The van der Waals surface area contributed by atoms with E-state index in [4.69, 9.17) is 15.3 Å². The van der Waals surface area contributed by atoms with Gasteiger partial charge in [0.2, 0.25) is 11.6 Å². The van der Waals surface area contributed by atoms with Gasteiger partial charge in [-0.3, -0.25) is 0 Å². The second-order valence-electron chi connectivity index (χ2n) is 3.10. The van der Waals surface area contributed by atoms with Crippen LogP contribution in [0, 0.1) is 0 Å². The zero-order valence-corrected chi connectivity index (χ0v) is 10.5. The summed E-state index contributed by atoms with van der Waals surface area (Å²) in [6, 6.07) is 0. The second kappa shape index (κ2) is 6.85. The van der Waals surface area contributed by atoms with Crippen molar-refractivity contribution < 1.29 is 29.7 Å². The number of aromatic amines is 1. The molecule has 0 bridgehead atoms. The number of fused-ring (bicyclic) bond motifs is 1. The molecule has 0 spiro atoms. The first-order chi connectivity index (χ1) is 8.40. The number of carboxylic acid groups (broad SMARTS) is 3. The predicted molar refractivity (Wildman–Crippen MR) is 67.6 cm³/mol. The van der Waals surface area contributed by atoms with Gasteiger partial charge in [0, 0.05) is 0 Å². The number of aromatic nitrogens is 4. The number of nitrogens with zero attached hydrogens (tertiary/aromatic N) is 3. The van der Waals surface area contributed by atoms with Crippen LogP contribution in [0.25, 0.3) is 11.2 Å². The molecule has 0 atom stereocenters. The topological polar surface area (TPSA) is 271 Å². The zero-order chi connectivity index (χ0) is 13.4. The van der Waals surface area contributed by atoms with Gasteiger partial charge in [0.05, 0.1) is 0 Å². The highest BCUT2D eigenvalue weighted by Gasteiger charge is 2.21. The molecule has 0 radical (unpaired) electrons. The molecule has 21 heavy (non-hydrogen) atoms. The molecule has 2 aromatic rings. The monoisotopic (exact) mass is 303 g/mol. The average molecular weight is 303 g/mol. The summed E-state index contributed by atoms with van der Waals surface area (Å²) in [5.41, 5.74) is -1.24. The first-order valence-electron chi connectivity index (χ1n) is 4.37. The standard InChI is InChI=1S/C8H4N4O6.3H3N/c13-6(14)2-1-3(11-4(9-1)7(15)16)12-5(10-2)8(17)18;;;/h(H,13,14)(H,15,16)(H,17,18)(H,9,10,11,12);3*1H3. The Bertz CT molecular complexity index is 696. The van der Waals surface area contributed by atoms with Crippen LogP contribution in [0.15, 0.2) is 0 Å². The van der Waals surface area contributed by atoms with E-state index in [0.717, 1.165) is 0 Å². The van der Waals surface area contributed by atoms with E-state index in [1.807, 2.05) is 0 Å². The molecule has 0 aliphatic carbocycles. The summed E-state index contributed by atoms with van der Waals surface area (Å²) >= 11 is 0. The van der Waals surface area contributed by atoms with Crippen molar-refractivity contribution in [3.8, 4) is 0 Å². The number of hydrogen-bond donors (Lipinski definition) is 7. The third kappa shape index (κ3) is 3.44. The van der Waals surface area contributed by atoms with Crippen LogP contribution in [0.3, 0.4) is 0 Å². The highest BCUT2D eigenvalue weighted by Crippen LogP contribution is 2.14. The minimum absolute atomic E-state index is 0. The SMILES string of the molecule is N.N.N.O=C(O)c1nc(C(=O)O)c2[nH]c(C(=O)O)nc2n1. The first-order valence-corrected chi connectivity index (χ1v) is 4.37. The summed E-state index contributed by atoms with van der Waals surface area (Å²) in [6.45, 7) is 0. The van der Waals surface area contributed by atoms with Gasteiger partial charge in [-0.25, -0.2) is 29.3 Å². The normalized spacial score (nSPS) is 8.95. The minimum atomic E-state index is -1.54. The molecule has 0 aliphatic heterocycles. The molecule has 13 heteroatoms. The Balaban J connectivity index is 0. The Morgan fingerprint density at radius 1 is 0.810 bits per heavy atom. The van der Waals surface area contributed by atoms with Crippen LogP contribution in [0.4, 0.5) is 0 Å². The van der Waals surface area contributed by atoms with Gasteiger partial charge < -0.3 is 38.8 Å². The van der Waals surface area contributed by atoms with Gasteiger partial charge in [0.1, 0.15) is 5.52 Å². The highest BCUT2D eigenvalue weighted by molar-refractivity contribution is 6.01. The largest absolute Gasteiger partial charge is 0.476 e. The maximum Gasteiger partial charge on any atom is 0.374 e. The Hall–Kier alpha value is -3.16. The predicted octanol–water partition coefficient (Wildman–Crippen LogP) is -0.0665. The molecule has 116 valence electrons. The summed E-state index contributed by atoms with van der Waals surface area (Å²) in [6.07, 6.45) is 0. The van der Waals surface area contributed by atoms with Crippen molar-refractivity contribution in [1.29, 1.82) is 0 Å². The maximum absolute atomic E-state index is 10.9. The van der Waals surface area contributed by atoms with Crippen LogP contribution >= 0.6 is 0 Å². The van der Waals surface area contributed by atoms with E-state index in [1.54, 1.807) is 0 Å². The van der Waals surface area contributed by atoms with Crippen LogP contribution in [-0.4, -0.2) is 53.2 Å². The first kappa shape index (κ1) is 20.2. The van der Waals surface area contributed by atoms with Gasteiger partial charge >= 0.3 is 17.9 Å². The second-order valence-corrected chi connectivity index (χ2v) is 3.10. The van der Waals surface area contributed by atoms with Crippen molar-refractivity contribution in [3.63, 3.8) is 0 Å². The maximum atomic E-state index is 10.9. The van der Waals surface area contributed by atoms with Crippen molar-refractivity contribution >= 4 is 29.1 Å². The molecule has 0 saturated heterocycles. The number of carboxylic acids is 3. The molecule has 2 aromatic heterocycles. The van der Waals surface area contributed by atoms with Gasteiger partial charge in [-0.05, 0) is 0 Å². The average Bonchev–Trinajstić information content (AvgIpc) is 2.70. The number of aromatic carboxylic acids is 3. The van der Waals surface area contributed by atoms with Gasteiger partial charge in [-0.15, -0.1) is 0 Å². The van der Waals surface area contributed by atoms with Gasteiger partial charge in [-0.1, -0.05) is 0 Å². The quantitative estimate of drug-likeness (QED) is 0.392. The summed E-state index contributed by atoms with van der Waals surface area (Å²) < 4.78 is 0. The molecule has 0 aromatic carbocycles. The van der Waals surface area contributed by atoms with Crippen LogP contribution in [0.5, 0.6) is 0 Å². The van der Waals surface area contributed by atoms with Gasteiger partial charge in [0.15, 0.2) is 11.3 Å². The highest BCUT2D eigenvalue weighted by atomic mass is 16.4.